The fourth-order valence-electron chi connectivity index (χ4n) is 6.22. The molecule has 2 aliphatic heterocycles. The molecule has 9 rings (SSSR count). The number of hydrogen-bond acceptors (Lipinski definition) is 4. The zero-order valence-corrected chi connectivity index (χ0v) is 27.9. The SMILES string of the molecule is Cc1cc(-c2[c-]ccc3c2Oc2cccc4c2B3c2ccccc2O4)ncc1-c1ccccc1.[Ir].[c-]1ccccc1-c1ccccn1. The number of hydrogen-bond donors (Lipinski definition) is 0. The molecule has 0 saturated heterocycles. The molecule has 0 unspecified atom stereocenters. The number of benzene rings is 5. The number of nitrogens with zero attached hydrogens (tertiary/aromatic N) is 2. The second kappa shape index (κ2) is 13.2. The molecule has 7 aromatic rings. The third-order valence-corrected chi connectivity index (χ3v) is 8.37. The molecule has 0 N–H and O–H groups in total. The Hall–Kier alpha value is -5.29. The minimum atomic E-state index is 0. The van der Waals surface area contributed by atoms with Crippen LogP contribution < -0.4 is 25.9 Å². The molecule has 1 radical (unpaired) electrons. The molecule has 0 bridgehead atoms. The van der Waals surface area contributed by atoms with E-state index < -0.39 is 0 Å². The van der Waals surface area contributed by atoms with Crippen LogP contribution in [0.5, 0.6) is 23.0 Å². The molecule has 0 fully saturated rings. The maximum absolute atomic E-state index is 6.53. The first-order valence-corrected chi connectivity index (χ1v) is 15.3. The third kappa shape index (κ3) is 5.78. The van der Waals surface area contributed by atoms with E-state index in [0.29, 0.717) is 0 Å². The van der Waals surface area contributed by atoms with Gasteiger partial charge in [0.2, 0.25) is 6.71 Å². The van der Waals surface area contributed by atoms with Crippen molar-refractivity contribution >= 4 is 23.1 Å². The van der Waals surface area contributed by atoms with Crippen LogP contribution in [0.25, 0.3) is 33.6 Å². The van der Waals surface area contributed by atoms with Crippen molar-refractivity contribution < 1.29 is 29.6 Å². The maximum atomic E-state index is 6.53. The van der Waals surface area contributed by atoms with E-state index in [1.807, 2.05) is 91.1 Å². The van der Waals surface area contributed by atoms with E-state index in [1.165, 1.54) is 0 Å². The van der Waals surface area contributed by atoms with Gasteiger partial charge in [0, 0.05) is 49.3 Å². The molecule has 227 valence electrons. The Bertz CT molecular complexity index is 2140. The van der Waals surface area contributed by atoms with Crippen LogP contribution in [0.3, 0.4) is 0 Å². The summed E-state index contributed by atoms with van der Waals surface area (Å²) in [5.41, 5.74) is 10.5. The van der Waals surface area contributed by atoms with E-state index >= 15 is 0 Å². The van der Waals surface area contributed by atoms with E-state index in [0.717, 1.165) is 78.6 Å². The van der Waals surface area contributed by atoms with Gasteiger partial charge in [0.15, 0.2) is 0 Å². The first-order valence-electron chi connectivity index (χ1n) is 15.3. The van der Waals surface area contributed by atoms with Gasteiger partial charge in [0.1, 0.15) is 17.2 Å². The van der Waals surface area contributed by atoms with Gasteiger partial charge in [-0.3, -0.25) is 0 Å². The summed E-state index contributed by atoms with van der Waals surface area (Å²) < 4.78 is 12.8. The number of para-hydroxylation sites is 1. The molecular weight excluding hydrogens is 755 g/mol. The second-order valence-electron chi connectivity index (χ2n) is 11.2. The van der Waals surface area contributed by atoms with Gasteiger partial charge < -0.3 is 19.4 Å². The van der Waals surface area contributed by atoms with Gasteiger partial charge in [0.25, 0.3) is 0 Å². The summed E-state index contributed by atoms with van der Waals surface area (Å²) in [7, 11) is 0. The Morgan fingerprint density at radius 3 is 2.17 bits per heavy atom. The number of pyridine rings is 2. The van der Waals surface area contributed by atoms with Crippen molar-refractivity contribution in [2.75, 3.05) is 0 Å². The molecule has 4 heterocycles. The van der Waals surface area contributed by atoms with Gasteiger partial charge >= 0.3 is 0 Å². The Labute approximate surface area is 288 Å². The molecule has 6 heteroatoms. The molecule has 47 heavy (non-hydrogen) atoms. The van der Waals surface area contributed by atoms with Crippen LogP contribution in [0.4, 0.5) is 0 Å². The van der Waals surface area contributed by atoms with Gasteiger partial charge in [-0.1, -0.05) is 78.4 Å². The molecule has 5 aromatic carbocycles. The van der Waals surface area contributed by atoms with Crippen LogP contribution >= 0.6 is 0 Å². The van der Waals surface area contributed by atoms with Gasteiger partial charge in [-0.2, -0.15) is 0 Å². The molecule has 2 aliphatic rings. The topological polar surface area (TPSA) is 44.2 Å². The zero-order valence-electron chi connectivity index (χ0n) is 25.5. The van der Waals surface area contributed by atoms with Crippen LogP contribution in [-0.4, -0.2) is 16.7 Å². The summed E-state index contributed by atoms with van der Waals surface area (Å²) in [6.45, 7) is 2.16. The molecule has 0 aliphatic carbocycles. The average Bonchev–Trinajstić information content (AvgIpc) is 3.12. The second-order valence-corrected chi connectivity index (χ2v) is 11.2. The van der Waals surface area contributed by atoms with Crippen LogP contribution in [0.1, 0.15) is 5.56 Å². The normalized spacial score (nSPS) is 11.6. The Morgan fingerprint density at radius 2 is 1.38 bits per heavy atom. The van der Waals surface area contributed by atoms with E-state index in [4.69, 9.17) is 14.5 Å². The summed E-state index contributed by atoms with van der Waals surface area (Å²) >= 11 is 0. The fourth-order valence-corrected chi connectivity index (χ4v) is 6.22. The largest absolute Gasteiger partial charge is 0.503 e. The number of aromatic nitrogens is 2. The van der Waals surface area contributed by atoms with Crippen molar-refractivity contribution in [2.45, 2.75) is 6.92 Å². The average molecular weight is 783 g/mol. The summed E-state index contributed by atoms with van der Waals surface area (Å²) in [5, 5.41) is 0. The predicted octanol–water partition coefficient (Wildman–Crippen LogP) is 7.80. The van der Waals surface area contributed by atoms with E-state index in [9.17, 15) is 0 Å². The summed E-state index contributed by atoms with van der Waals surface area (Å²) in [5.74, 6) is 3.37. The van der Waals surface area contributed by atoms with Gasteiger partial charge in [-0.05, 0) is 59.2 Å². The number of fused-ring (bicyclic) bond motifs is 4. The van der Waals surface area contributed by atoms with Crippen molar-refractivity contribution in [3.8, 4) is 56.6 Å². The zero-order chi connectivity index (χ0) is 30.9. The maximum Gasteiger partial charge on any atom is 0.241 e. The predicted molar refractivity (Wildman–Crippen MR) is 185 cm³/mol. The van der Waals surface area contributed by atoms with Crippen LogP contribution in [-0.2, 0) is 20.1 Å². The van der Waals surface area contributed by atoms with Crippen molar-refractivity contribution in [3.63, 3.8) is 0 Å². The minimum absolute atomic E-state index is 0. The Balaban J connectivity index is 0.000000228. The fraction of sp³-hybridized carbons (Fsp3) is 0.0244. The van der Waals surface area contributed by atoms with Crippen molar-refractivity contribution in [1.29, 1.82) is 0 Å². The van der Waals surface area contributed by atoms with E-state index in [2.05, 4.69) is 72.6 Å². The molecule has 0 atom stereocenters. The summed E-state index contributed by atoms with van der Waals surface area (Å²) in [6, 6.07) is 51.1. The quantitative estimate of drug-likeness (QED) is 0.136. The molecule has 4 nitrogen and oxygen atoms in total. The molecular formula is C41H27BIrN2O2-2. The van der Waals surface area contributed by atoms with Crippen molar-refractivity contribution in [2.24, 2.45) is 0 Å². The first kappa shape index (κ1) is 30.4. The van der Waals surface area contributed by atoms with Gasteiger partial charge in [0.05, 0.1) is 0 Å². The Morgan fingerprint density at radius 1 is 0.617 bits per heavy atom. The van der Waals surface area contributed by atoms with Crippen molar-refractivity contribution in [3.05, 3.63) is 164 Å². The van der Waals surface area contributed by atoms with Crippen LogP contribution in [0.2, 0.25) is 0 Å². The van der Waals surface area contributed by atoms with Crippen LogP contribution in [0.15, 0.2) is 146 Å². The summed E-state index contributed by atoms with van der Waals surface area (Å²) in [4.78, 5) is 9.06. The smallest absolute Gasteiger partial charge is 0.241 e. The van der Waals surface area contributed by atoms with E-state index in [-0.39, 0.29) is 26.8 Å². The Kier molecular flexibility index (Phi) is 8.54. The van der Waals surface area contributed by atoms with Crippen molar-refractivity contribution in [1.82, 2.24) is 9.97 Å². The molecule has 0 spiro atoms. The van der Waals surface area contributed by atoms with Gasteiger partial charge in [-0.15, -0.1) is 59.6 Å². The number of aryl methyl sites for hydroxylation is 1. The minimum Gasteiger partial charge on any atom is -0.503 e. The molecule has 0 saturated carbocycles. The summed E-state index contributed by atoms with van der Waals surface area (Å²) in [6.07, 6.45) is 3.74. The monoisotopic (exact) mass is 783 g/mol. The van der Waals surface area contributed by atoms with Crippen LogP contribution in [0, 0.1) is 19.1 Å². The standard InChI is InChI=1S/C30H19BNO2.C11H8N.Ir/c1-19-17-25(32-18-22(19)20-9-3-2-4-10-20)21-11-7-13-24-30(21)34-28-16-8-15-27-29(28)31(24)23-12-5-6-14-26(23)33-27;1-2-6-10(7-3-1)11-8-4-5-9-12-11;/h2-10,12-18H,1H3;1-6,8-9H;/q2*-1;. The number of rotatable bonds is 3. The van der Waals surface area contributed by atoms with Gasteiger partial charge in [-0.25, -0.2) is 0 Å². The molecule has 0 amide bonds. The third-order valence-electron chi connectivity index (χ3n) is 8.37. The molecule has 2 aromatic heterocycles. The number of ether oxygens (including phenoxy) is 2. The first-order chi connectivity index (χ1) is 22.7. The van der Waals surface area contributed by atoms with E-state index in [1.54, 1.807) is 6.20 Å².